The number of halogens is 1. The highest BCUT2D eigenvalue weighted by Gasteiger charge is 2.12. The average molecular weight is 276 g/mol. The summed E-state index contributed by atoms with van der Waals surface area (Å²) < 4.78 is 13.6. The van der Waals surface area contributed by atoms with Crippen LogP contribution in [0.3, 0.4) is 0 Å². The van der Waals surface area contributed by atoms with Crippen LogP contribution in [-0.2, 0) is 5.75 Å². The molecule has 1 N–H and O–H groups in total. The number of benzene rings is 2. The largest absolute Gasteiger partial charge is 0.389 e. The number of rotatable bonds is 4. The van der Waals surface area contributed by atoms with Gasteiger partial charge in [0.05, 0.1) is 6.10 Å². The Balaban J connectivity index is 2.22. The van der Waals surface area contributed by atoms with Crippen LogP contribution in [0.5, 0.6) is 0 Å². The molecule has 0 saturated carbocycles. The van der Waals surface area contributed by atoms with Crippen LogP contribution in [0.25, 0.3) is 0 Å². The molecule has 0 amide bonds. The van der Waals surface area contributed by atoms with E-state index in [0.29, 0.717) is 11.1 Å². The summed E-state index contributed by atoms with van der Waals surface area (Å²) in [7, 11) is 0. The summed E-state index contributed by atoms with van der Waals surface area (Å²) in [6, 6.07) is 13.4. The Morgan fingerprint density at radius 3 is 2.53 bits per heavy atom. The second-order valence-electron chi connectivity index (χ2n) is 4.59. The van der Waals surface area contributed by atoms with E-state index in [0.717, 1.165) is 10.6 Å². The molecule has 0 aliphatic rings. The van der Waals surface area contributed by atoms with Gasteiger partial charge in [0, 0.05) is 10.6 Å². The highest BCUT2D eigenvalue weighted by Crippen LogP contribution is 2.32. The van der Waals surface area contributed by atoms with Crippen molar-refractivity contribution in [1.82, 2.24) is 0 Å². The van der Waals surface area contributed by atoms with E-state index in [-0.39, 0.29) is 5.82 Å². The Bertz CT molecular complexity index is 552. The van der Waals surface area contributed by atoms with Gasteiger partial charge in [-0.1, -0.05) is 30.3 Å². The molecule has 0 aliphatic heterocycles. The minimum absolute atomic E-state index is 0.264. The zero-order valence-corrected chi connectivity index (χ0v) is 11.9. The van der Waals surface area contributed by atoms with Crippen LogP contribution in [-0.4, -0.2) is 5.11 Å². The number of aryl methyl sites for hydroxylation is 1. The van der Waals surface area contributed by atoms with Gasteiger partial charge >= 0.3 is 0 Å². The van der Waals surface area contributed by atoms with Gasteiger partial charge in [0.15, 0.2) is 0 Å². The van der Waals surface area contributed by atoms with Crippen LogP contribution in [0.4, 0.5) is 4.39 Å². The minimum atomic E-state index is -0.659. The van der Waals surface area contributed by atoms with Gasteiger partial charge in [-0.3, -0.25) is 0 Å². The molecule has 100 valence electrons. The van der Waals surface area contributed by atoms with Gasteiger partial charge < -0.3 is 5.11 Å². The first-order valence-electron chi connectivity index (χ1n) is 6.22. The normalized spacial score (nSPS) is 12.4. The Kier molecular flexibility index (Phi) is 4.61. The first-order chi connectivity index (χ1) is 9.08. The van der Waals surface area contributed by atoms with E-state index < -0.39 is 6.10 Å². The third-order valence-electron chi connectivity index (χ3n) is 2.98. The van der Waals surface area contributed by atoms with Crippen LogP contribution < -0.4 is 0 Å². The highest BCUT2D eigenvalue weighted by molar-refractivity contribution is 7.98. The number of aliphatic hydroxyl groups is 1. The molecule has 2 rings (SSSR count). The Labute approximate surface area is 117 Å². The molecule has 0 aromatic heterocycles. The van der Waals surface area contributed by atoms with Crippen LogP contribution in [0.2, 0.25) is 0 Å². The monoisotopic (exact) mass is 276 g/mol. The third kappa shape index (κ3) is 3.58. The molecule has 1 atom stereocenters. The fraction of sp³-hybridized carbons (Fsp3) is 0.250. The van der Waals surface area contributed by atoms with Gasteiger partial charge in [-0.05, 0) is 42.7 Å². The summed E-state index contributed by atoms with van der Waals surface area (Å²) in [6.45, 7) is 3.41. The van der Waals surface area contributed by atoms with Crippen molar-refractivity contribution in [2.24, 2.45) is 0 Å². The molecule has 0 radical (unpaired) electrons. The van der Waals surface area contributed by atoms with E-state index in [1.807, 2.05) is 24.3 Å². The Hall–Kier alpha value is -1.32. The summed E-state index contributed by atoms with van der Waals surface area (Å²) in [5.74, 6) is 0.547. The zero-order chi connectivity index (χ0) is 13.8. The second kappa shape index (κ2) is 6.22. The van der Waals surface area contributed by atoms with Crippen molar-refractivity contribution >= 4 is 11.8 Å². The summed E-state index contributed by atoms with van der Waals surface area (Å²) >= 11 is 1.62. The molecule has 0 aliphatic carbocycles. The fourth-order valence-electron chi connectivity index (χ4n) is 1.86. The molecule has 0 unspecified atom stereocenters. The smallest absolute Gasteiger partial charge is 0.126 e. The van der Waals surface area contributed by atoms with E-state index in [1.165, 1.54) is 11.6 Å². The predicted octanol–water partition coefficient (Wildman–Crippen LogP) is 4.48. The highest BCUT2D eigenvalue weighted by atomic mass is 32.2. The van der Waals surface area contributed by atoms with Crippen molar-refractivity contribution in [2.45, 2.75) is 30.6 Å². The molecule has 3 heteroatoms. The predicted molar refractivity (Wildman–Crippen MR) is 77.8 cm³/mol. The van der Waals surface area contributed by atoms with Crippen LogP contribution in [0.15, 0.2) is 47.4 Å². The number of hydrogen-bond acceptors (Lipinski definition) is 2. The quantitative estimate of drug-likeness (QED) is 0.831. The SMILES string of the molecule is Cc1cc(SCc2ccccc2)c([C@@H](C)O)cc1F. The maximum Gasteiger partial charge on any atom is 0.126 e. The molecule has 2 aromatic carbocycles. The molecule has 19 heavy (non-hydrogen) atoms. The maximum atomic E-state index is 13.6. The van der Waals surface area contributed by atoms with Gasteiger partial charge in [-0.15, -0.1) is 11.8 Å². The topological polar surface area (TPSA) is 20.2 Å². The van der Waals surface area contributed by atoms with E-state index in [2.05, 4.69) is 12.1 Å². The zero-order valence-electron chi connectivity index (χ0n) is 11.1. The molecular weight excluding hydrogens is 259 g/mol. The Morgan fingerprint density at radius 1 is 1.21 bits per heavy atom. The van der Waals surface area contributed by atoms with Crippen molar-refractivity contribution in [1.29, 1.82) is 0 Å². The Morgan fingerprint density at radius 2 is 1.89 bits per heavy atom. The molecule has 0 spiro atoms. The summed E-state index contributed by atoms with van der Waals surface area (Å²) in [4.78, 5) is 0.942. The summed E-state index contributed by atoms with van der Waals surface area (Å²) in [5.41, 5.74) is 2.48. The molecule has 0 saturated heterocycles. The van der Waals surface area contributed by atoms with Crippen molar-refractivity contribution in [2.75, 3.05) is 0 Å². The third-order valence-corrected chi connectivity index (χ3v) is 4.12. The number of hydrogen-bond donors (Lipinski definition) is 1. The summed E-state index contributed by atoms with van der Waals surface area (Å²) in [5, 5.41) is 9.74. The number of thioether (sulfide) groups is 1. The lowest BCUT2D eigenvalue weighted by Gasteiger charge is -2.13. The molecule has 1 nitrogen and oxygen atoms in total. The van der Waals surface area contributed by atoms with E-state index in [4.69, 9.17) is 0 Å². The molecule has 2 aromatic rings. The lowest BCUT2D eigenvalue weighted by atomic mass is 10.1. The van der Waals surface area contributed by atoms with Gasteiger partial charge in [0.2, 0.25) is 0 Å². The van der Waals surface area contributed by atoms with Crippen molar-refractivity contribution in [3.8, 4) is 0 Å². The van der Waals surface area contributed by atoms with Crippen LogP contribution in [0.1, 0.15) is 29.7 Å². The molecule has 0 heterocycles. The van der Waals surface area contributed by atoms with E-state index in [1.54, 1.807) is 25.6 Å². The van der Waals surface area contributed by atoms with Gasteiger partial charge in [0.25, 0.3) is 0 Å². The number of aliphatic hydroxyl groups excluding tert-OH is 1. The van der Waals surface area contributed by atoms with Crippen molar-refractivity contribution in [3.05, 3.63) is 65.0 Å². The average Bonchev–Trinajstić information content (AvgIpc) is 2.40. The first kappa shape index (κ1) is 14.1. The second-order valence-corrected chi connectivity index (χ2v) is 5.61. The van der Waals surface area contributed by atoms with Gasteiger partial charge in [-0.2, -0.15) is 0 Å². The summed E-state index contributed by atoms with van der Waals surface area (Å²) in [6.07, 6.45) is -0.659. The molecular formula is C16H17FOS. The maximum absolute atomic E-state index is 13.6. The molecule has 0 bridgehead atoms. The van der Waals surface area contributed by atoms with Crippen LogP contribution in [0, 0.1) is 12.7 Å². The first-order valence-corrected chi connectivity index (χ1v) is 7.21. The van der Waals surface area contributed by atoms with Crippen LogP contribution >= 0.6 is 11.8 Å². The van der Waals surface area contributed by atoms with Crippen molar-refractivity contribution < 1.29 is 9.50 Å². The van der Waals surface area contributed by atoms with E-state index in [9.17, 15) is 9.50 Å². The lowest BCUT2D eigenvalue weighted by molar-refractivity contribution is 0.196. The fourth-order valence-corrected chi connectivity index (χ4v) is 3.03. The molecule has 0 fully saturated rings. The van der Waals surface area contributed by atoms with Gasteiger partial charge in [-0.25, -0.2) is 4.39 Å². The van der Waals surface area contributed by atoms with Crippen molar-refractivity contribution in [3.63, 3.8) is 0 Å². The van der Waals surface area contributed by atoms with E-state index >= 15 is 0 Å². The standard InChI is InChI=1S/C16H17FOS/c1-11-8-16(14(12(2)18)9-15(11)17)19-10-13-6-4-3-5-7-13/h3-9,12,18H,10H2,1-2H3/t12-/m1/s1. The van der Waals surface area contributed by atoms with Gasteiger partial charge in [0.1, 0.15) is 5.82 Å². The minimum Gasteiger partial charge on any atom is -0.389 e. The lowest BCUT2D eigenvalue weighted by Crippen LogP contribution is -1.97.